The molecule has 0 radical (unpaired) electrons. The van der Waals surface area contributed by atoms with Gasteiger partial charge in [-0.15, -0.1) is 0 Å². The Balaban J connectivity index is 0.000000701. The van der Waals surface area contributed by atoms with Crippen molar-refractivity contribution >= 4 is 152 Å². The van der Waals surface area contributed by atoms with Crippen LogP contribution in [0.2, 0.25) is 0 Å². The van der Waals surface area contributed by atoms with Crippen LogP contribution >= 0.6 is 0 Å². The number of rotatable bonds is 0. The highest BCUT2D eigenvalue weighted by molar-refractivity contribution is 6.09. The Labute approximate surface area is 756 Å². The summed E-state index contributed by atoms with van der Waals surface area (Å²) in [5.41, 5.74) is 10.4. The van der Waals surface area contributed by atoms with E-state index in [1.165, 1.54) is 64.6 Å². The molecule has 21 rings (SSSR count). The van der Waals surface area contributed by atoms with Crippen molar-refractivity contribution in [3.63, 3.8) is 0 Å². The van der Waals surface area contributed by atoms with Gasteiger partial charge in [-0.1, -0.05) is 418 Å². The fraction of sp³-hybridized carbons (Fsp3) is 0.241. The Morgan fingerprint density at radius 1 is 0.111 bits per heavy atom. The number of aromatic nitrogens is 10. The molecule has 0 bridgehead atoms. The van der Waals surface area contributed by atoms with Gasteiger partial charge in [-0.05, 0) is 100 Å². The third kappa shape index (κ3) is 32.0. The number of para-hydroxylation sites is 3. The SMILES string of the molecule is CC.CC.CC.CC.CC.CC.CC.CC.CC.CC.CC.CC.CC.CC.c1ccc2c(c1)ccc1cccnc12.c1ccc2c(c1)ccc1cccnc12.c1ccc2c(c1)ccc1cccnc12.c1ccc2c(c1)ccc1cccnc12.c1cnc2c(c1)cnc1ccccc12.c1cnc2c(c1)cnc1ccccc12.c1cnc2c(c1)cnc1ccccc12. The molecule has 0 amide bonds. The normalized spacial score (nSPS) is 9.11. The summed E-state index contributed by atoms with van der Waals surface area (Å²) in [5, 5.41) is 21.3. The Hall–Kier alpha value is -13.4. The third-order valence-electron chi connectivity index (χ3n) is 17.0. The molecule has 0 aliphatic rings. The van der Waals surface area contributed by atoms with Crippen molar-refractivity contribution in [2.24, 2.45) is 0 Å². The van der Waals surface area contributed by atoms with Crippen LogP contribution < -0.4 is 0 Å². The molecule has 10 heteroatoms. The second-order valence-electron chi connectivity index (χ2n) is 23.1. The zero-order valence-corrected chi connectivity index (χ0v) is 81.1. The van der Waals surface area contributed by atoms with E-state index >= 15 is 0 Å². The predicted molar refractivity (Wildman–Crippen MR) is 567 cm³/mol. The number of hydrogen-bond acceptors (Lipinski definition) is 10. The van der Waals surface area contributed by atoms with E-state index in [1.807, 2.05) is 371 Å². The van der Waals surface area contributed by atoms with Crippen LogP contribution in [0.25, 0.3) is 152 Å². The first-order valence-electron chi connectivity index (χ1n) is 46.3. The Bertz CT molecular complexity index is 4910. The fourth-order valence-electron chi connectivity index (χ4n) is 12.3. The van der Waals surface area contributed by atoms with Crippen molar-refractivity contribution in [3.8, 4) is 0 Å². The van der Waals surface area contributed by atoms with Crippen LogP contribution in [0.1, 0.15) is 194 Å². The Morgan fingerprint density at radius 3 is 0.437 bits per heavy atom. The molecule has 10 aromatic heterocycles. The minimum atomic E-state index is 0.999. The van der Waals surface area contributed by atoms with Gasteiger partial charge in [-0.25, -0.2) is 0 Å². The molecule has 0 spiro atoms. The van der Waals surface area contributed by atoms with Crippen LogP contribution in [-0.4, -0.2) is 49.8 Å². The average Bonchev–Trinajstić information content (AvgIpc) is 0.845. The summed E-state index contributed by atoms with van der Waals surface area (Å²) in [6, 6.07) is 103. The number of pyridine rings is 10. The molecule has 0 atom stereocenters. The topological polar surface area (TPSA) is 129 Å². The highest BCUT2D eigenvalue weighted by Crippen LogP contribution is 2.29. The predicted octanol–water partition coefficient (Wildman–Crippen LogP) is 36.3. The highest BCUT2D eigenvalue weighted by atomic mass is 14.7. The molecule has 10 heterocycles. The van der Waals surface area contributed by atoms with Gasteiger partial charge in [0.25, 0.3) is 0 Å². The minimum Gasteiger partial charge on any atom is -0.256 e. The van der Waals surface area contributed by atoms with Crippen molar-refractivity contribution in [1.29, 1.82) is 0 Å². The van der Waals surface area contributed by atoms with E-state index in [0.29, 0.717) is 0 Å². The molecule has 0 aliphatic carbocycles. The summed E-state index contributed by atoms with van der Waals surface area (Å²) in [5.74, 6) is 0. The first kappa shape index (κ1) is 111. The zero-order valence-electron chi connectivity index (χ0n) is 81.1. The third-order valence-corrected chi connectivity index (χ3v) is 17.0. The largest absolute Gasteiger partial charge is 0.256 e. The highest BCUT2D eigenvalue weighted by Gasteiger charge is 2.06. The molecule has 10 nitrogen and oxygen atoms in total. The smallest absolute Gasteiger partial charge is 0.0811 e. The summed E-state index contributed by atoms with van der Waals surface area (Å²) in [4.78, 5) is 43.9. The molecule has 0 N–H and O–H groups in total. The van der Waals surface area contributed by atoms with E-state index in [-0.39, 0.29) is 0 Å². The molecule has 21 aromatic rings. The summed E-state index contributed by atoms with van der Waals surface area (Å²) >= 11 is 0. The molecule has 658 valence electrons. The standard InChI is InChI=1S/4C13H9N.3C12H8N2.14C2H6/c4*1-2-6-12-10(4-1)7-8-11-5-3-9-14-13(11)12;3*1-2-6-11-10(5-1)12-9(8-14-11)4-3-7-13-12;14*1-2/h4*1-9H;3*1-8H;14*1-2H3. The van der Waals surface area contributed by atoms with Gasteiger partial charge >= 0.3 is 0 Å². The monoisotopic (exact) mass is 1680 g/mol. The Kier molecular flexibility index (Phi) is 60.6. The maximum Gasteiger partial charge on any atom is 0.0811 e. The molecular formula is C116H144N10. The number of benzene rings is 11. The van der Waals surface area contributed by atoms with E-state index < -0.39 is 0 Å². The van der Waals surface area contributed by atoms with Gasteiger partial charge in [0, 0.05) is 137 Å². The van der Waals surface area contributed by atoms with Crippen molar-refractivity contribution in [1.82, 2.24) is 49.8 Å². The molecule has 0 saturated carbocycles. The van der Waals surface area contributed by atoms with Crippen molar-refractivity contribution in [3.05, 3.63) is 365 Å². The summed E-state index contributed by atoms with van der Waals surface area (Å²) in [6.07, 6.45) is 18.4. The number of nitrogens with zero attached hydrogens (tertiary/aromatic N) is 10. The van der Waals surface area contributed by atoms with Crippen molar-refractivity contribution < 1.29 is 0 Å². The van der Waals surface area contributed by atoms with E-state index in [0.717, 1.165) is 87.5 Å². The van der Waals surface area contributed by atoms with Crippen molar-refractivity contribution in [2.75, 3.05) is 0 Å². The van der Waals surface area contributed by atoms with Gasteiger partial charge in [0.15, 0.2) is 0 Å². The lowest BCUT2D eigenvalue weighted by molar-refractivity contribution is 1.38. The number of fused-ring (bicyclic) bond motifs is 21. The van der Waals surface area contributed by atoms with E-state index in [9.17, 15) is 0 Å². The lowest BCUT2D eigenvalue weighted by atomic mass is 10.1. The Morgan fingerprint density at radius 2 is 0.246 bits per heavy atom. The van der Waals surface area contributed by atoms with Gasteiger partial charge < -0.3 is 0 Å². The van der Waals surface area contributed by atoms with E-state index in [2.05, 4.69) is 238 Å². The zero-order chi connectivity index (χ0) is 93.7. The lowest BCUT2D eigenvalue weighted by Gasteiger charge is -2.01. The molecule has 0 fully saturated rings. The van der Waals surface area contributed by atoms with Gasteiger partial charge in [-0.3, -0.25) is 49.8 Å². The summed E-state index contributed by atoms with van der Waals surface area (Å²) < 4.78 is 0. The van der Waals surface area contributed by atoms with Crippen LogP contribution in [0.15, 0.2) is 365 Å². The lowest BCUT2D eigenvalue weighted by Crippen LogP contribution is -1.83. The van der Waals surface area contributed by atoms with Gasteiger partial charge in [0.2, 0.25) is 0 Å². The van der Waals surface area contributed by atoms with Crippen molar-refractivity contribution in [2.45, 2.75) is 194 Å². The van der Waals surface area contributed by atoms with E-state index in [1.54, 1.807) is 0 Å². The second-order valence-corrected chi connectivity index (χ2v) is 23.1. The van der Waals surface area contributed by atoms with Gasteiger partial charge in [0.1, 0.15) is 0 Å². The molecular weight excluding hydrogens is 1530 g/mol. The van der Waals surface area contributed by atoms with Gasteiger partial charge in [0.05, 0.1) is 55.2 Å². The first-order valence-corrected chi connectivity index (χ1v) is 46.3. The fourth-order valence-corrected chi connectivity index (χ4v) is 12.3. The van der Waals surface area contributed by atoms with Gasteiger partial charge in [-0.2, -0.15) is 0 Å². The average molecular weight is 1680 g/mol. The second kappa shape index (κ2) is 69.0. The molecule has 126 heavy (non-hydrogen) atoms. The summed E-state index contributed by atoms with van der Waals surface area (Å²) in [6.45, 7) is 56.0. The maximum atomic E-state index is 4.41. The van der Waals surface area contributed by atoms with E-state index in [4.69, 9.17) is 0 Å². The van der Waals surface area contributed by atoms with Crippen LogP contribution in [0.3, 0.4) is 0 Å². The molecule has 11 aromatic carbocycles. The maximum absolute atomic E-state index is 4.41. The summed E-state index contributed by atoms with van der Waals surface area (Å²) in [7, 11) is 0. The molecule has 0 unspecified atom stereocenters. The van der Waals surface area contributed by atoms with Crippen LogP contribution in [0, 0.1) is 0 Å². The molecule has 0 aliphatic heterocycles. The van der Waals surface area contributed by atoms with Crippen LogP contribution in [-0.2, 0) is 0 Å². The molecule has 0 saturated heterocycles. The van der Waals surface area contributed by atoms with Crippen LogP contribution in [0.4, 0.5) is 0 Å². The minimum absolute atomic E-state index is 0.999. The first-order chi connectivity index (χ1) is 62.6. The quantitative estimate of drug-likeness (QED) is 0.135. The number of hydrogen-bond donors (Lipinski definition) is 0. The van der Waals surface area contributed by atoms with Crippen LogP contribution in [0.5, 0.6) is 0 Å².